The van der Waals surface area contributed by atoms with Gasteiger partial charge in [-0.15, -0.1) is 0 Å². The Labute approximate surface area is 230 Å². The summed E-state index contributed by atoms with van der Waals surface area (Å²) < 4.78 is 23.9. The van der Waals surface area contributed by atoms with E-state index in [-0.39, 0.29) is 40.5 Å². The number of hydrogen-bond acceptors (Lipinski definition) is 8. The van der Waals surface area contributed by atoms with Gasteiger partial charge in [-0.1, -0.05) is 36.3 Å². The van der Waals surface area contributed by atoms with Gasteiger partial charge in [0.15, 0.2) is 5.78 Å². The fraction of sp³-hybridized carbons (Fsp3) is 0.645. The Kier molecular flexibility index (Phi) is 6.51. The van der Waals surface area contributed by atoms with Gasteiger partial charge in [0.2, 0.25) is 0 Å². The number of methoxy groups -OCH3 is 2. The Hall–Kier alpha value is -2.55. The van der Waals surface area contributed by atoms with Gasteiger partial charge in [-0.2, -0.15) is 0 Å². The Bertz CT molecular complexity index is 1210. The highest BCUT2D eigenvalue weighted by Gasteiger charge is 2.84. The van der Waals surface area contributed by atoms with Crippen molar-refractivity contribution in [1.29, 1.82) is 0 Å². The van der Waals surface area contributed by atoms with Crippen molar-refractivity contribution in [1.82, 2.24) is 0 Å². The van der Waals surface area contributed by atoms with E-state index in [0.717, 1.165) is 44.1 Å². The SMILES string of the molecule is CCOC(=O)O/N=C/c1ccc([C@H]2C[C@@]3(C)[C@@H](CC[C@]3(COC)OC)[C@@H]3CCC4=CC(=O)CC[C@]45O[C@]235)cc1. The number of carbonyl (C=O) groups excluding carboxylic acids is 2. The fourth-order valence-corrected chi connectivity index (χ4v) is 9.16. The first-order valence-electron chi connectivity index (χ1n) is 14.2. The Morgan fingerprint density at radius 2 is 1.92 bits per heavy atom. The van der Waals surface area contributed by atoms with Crippen LogP contribution in [-0.4, -0.2) is 62.4 Å². The summed E-state index contributed by atoms with van der Waals surface area (Å²) in [4.78, 5) is 28.6. The van der Waals surface area contributed by atoms with E-state index in [1.54, 1.807) is 14.0 Å². The van der Waals surface area contributed by atoms with Gasteiger partial charge in [0, 0.05) is 32.0 Å². The second kappa shape index (κ2) is 9.53. The van der Waals surface area contributed by atoms with Crippen molar-refractivity contribution < 1.29 is 33.4 Å². The van der Waals surface area contributed by atoms with Gasteiger partial charge in [0.05, 0.1) is 25.0 Å². The summed E-state index contributed by atoms with van der Waals surface area (Å²) in [7, 11) is 3.60. The van der Waals surface area contributed by atoms with E-state index >= 15 is 0 Å². The number of ketones is 1. The van der Waals surface area contributed by atoms with Crippen LogP contribution in [0.5, 0.6) is 0 Å². The number of fused-ring (bicyclic) bond motifs is 2. The monoisotopic (exact) mass is 537 g/mol. The van der Waals surface area contributed by atoms with Crippen LogP contribution in [0.15, 0.2) is 41.1 Å². The van der Waals surface area contributed by atoms with Gasteiger partial charge in [-0.25, -0.2) is 4.79 Å². The Morgan fingerprint density at radius 3 is 2.64 bits per heavy atom. The van der Waals surface area contributed by atoms with Crippen molar-refractivity contribution in [3.05, 3.63) is 47.0 Å². The number of carbonyl (C=O) groups is 2. The third-order valence-electron chi connectivity index (χ3n) is 10.8. The van der Waals surface area contributed by atoms with Crippen LogP contribution >= 0.6 is 0 Å². The molecule has 4 fully saturated rings. The van der Waals surface area contributed by atoms with E-state index in [0.29, 0.717) is 24.9 Å². The third-order valence-corrected chi connectivity index (χ3v) is 10.8. The standard InChI is InChI=1S/C31H39NO7/c1-5-37-27(34)38-32-18-20-6-8-21(9-7-20)26-17-28(2)24(13-14-29(28,36-4)19-35-3)25-11-10-22-16-23(33)12-15-30(22)31(25,26)39-30/h6-9,16,18,24-26H,5,10-15,17,19H2,1-4H3/b32-18+/t24-,25-,26+,28-,29+,30-,31-/m0/s1. The predicted molar refractivity (Wildman–Crippen MR) is 144 cm³/mol. The van der Waals surface area contributed by atoms with Crippen LogP contribution in [0.25, 0.3) is 0 Å². The lowest BCUT2D eigenvalue weighted by molar-refractivity contribution is -0.165. The molecule has 8 nitrogen and oxygen atoms in total. The molecule has 0 aromatic heterocycles. The number of nitrogens with zero attached hydrogens (tertiary/aromatic N) is 1. The molecule has 1 aliphatic heterocycles. The number of rotatable bonds is 7. The molecule has 2 spiro atoms. The first kappa shape index (κ1) is 26.7. The summed E-state index contributed by atoms with van der Waals surface area (Å²) in [5.74, 6) is 1.23. The van der Waals surface area contributed by atoms with E-state index in [2.05, 4.69) is 24.2 Å². The molecule has 8 heteroatoms. The molecule has 4 aliphatic carbocycles. The highest BCUT2D eigenvalue weighted by molar-refractivity contribution is 5.92. The molecular formula is C31H39NO7. The molecule has 1 aromatic carbocycles. The van der Waals surface area contributed by atoms with Crippen molar-refractivity contribution in [3.63, 3.8) is 0 Å². The van der Waals surface area contributed by atoms with Gasteiger partial charge in [0.1, 0.15) is 11.2 Å². The second-order valence-corrected chi connectivity index (χ2v) is 12.1. The van der Waals surface area contributed by atoms with Gasteiger partial charge in [0.25, 0.3) is 0 Å². The maximum Gasteiger partial charge on any atom is 0.535 e. The van der Waals surface area contributed by atoms with Crippen LogP contribution in [-0.2, 0) is 28.6 Å². The summed E-state index contributed by atoms with van der Waals surface area (Å²) in [5, 5.41) is 3.76. The molecule has 0 N–H and O–H groups in total. The first-order chi connectivity index (χ1) is 18.8. The summed E-state index contributed by atoms with van der Waals surface area (Å²) in [6, 6.07) is 8.29. The van der Waals surface area contributed by atoms with Crippen LogP contribution in [0, 0.1) is 17.3 Å². The van der Waals surface area contributed by atoms with Crippen LogP contribution in [0.4, 0.5) is 4.79 Å². The number of ether oxygens (including phenoxy) is 4. The van der Waals surface area contributed by atoms with Gasteiger partial charge in [-0.3, -0.25) is 9.63 Å². The molecule has 1 saturated heterocycles. The van der Waals surface area contributed by atoms with E-state index in [1.807, 2.05) is 25.3 Å². The molecule has 0 unspecified atom stereocenters. The molecule has 5 aliphatic rings. The highest BCUT2D eigenvalue weighted by Crippen LogP contribution is 2.79. The average Bonchev–Trinajstić information content (AvgIpc) is 3.53. The minimum Gasteiger partial charge on any atom is -0.433 e. The maximum absolute atomic E-state index is 12.4. The molecule has 39 heavy (non-hydrogen) atoms. The first-order valence-corrected chi connectivity index (χ1v) is 14.2. The maximum atomic E-state index is 12.4. The number of epoxide rings is 1. The second-order valence-electron chi connectivity index (χ2n) is 12.1. The van der Waals surface area contributed by atoms with Crippen LogP contribution in [0.2, 0.25) is 0 Å². The zero-order chi connectivity index (χ0) is 27.5. The normalized spacial score (nSPS) is 40.3. The number of oxime groups is 1. The molecule has 210 valence electrons. The zero-order valence-electron chi connectivity index (χ0n) is 23.4. The van der Waals surface area contributed by atoms with Crippen LogP contribution < -0.4 is 0 Å². The molecule has 0 bridgehead atoms. The minimum atomic E-state index is -0.821. The van der Waals surface area contributed by atoms with E-state index < -0.39 is 6.16 Å². The van der Waals surface area contributed by atoms with E-state index in [9.17, 15) is 9.59 Å². The van der Waals surface area contributed by atoms with E-state index in [4.69, 9.17) is 23.8 Å². The molecule has 1 heterocycles. The molecular weight excluding hydrogens is 498 g/mol. The minimum absolute atomic E-state index is 0.0786. The molecule has 1 aromatic rings. The smallest absolute Gasteiger partial charge is 0.433 e. The van der Waals surface area contributed by atoms with Crippen LogP contribution in [0.3, 0.4) is 0 Å². The van der Waals surface area contributed by atoms with Gasteiger partial charge >= 0.3 is 6.16 Å². The summed E-state index contributed by atoms with van der Waals surface area (Å²) in [6.07, 6.45) is 8.85. The van der Waals surface area contributed by atoms with E-state index in [1.165, 1.54) is 17.4 Å². The Balaban J connectivity index is 1.37. The topological polar surface area (TPSA) is 96.0 Å². The van der Waals surface area contributed by atoms with Crippen molar-refractivity contribution in [3.8, 4) is 0 Å². The quantitative estimate of drug-likeness (QED) is 0.152. The highest BCUT2D eigenvalue weighted by atomic mass is 16.8. The van der Waals surface area contributed by atoms with Crippen molar-refractivity contribution in [2.45, 2.75) is 81.5 Å². The van der Waals surface area contributed by atoms with Crippen molar-refractivity contribution in [2.75, 3.05) is 27.4 Å². The Morgan fingerprint density at radius 1 is 1.13 bits per heavy atom. The molecule has 6 rings (SSSR count). The molecule has 0 amide bonds. The largest absolute Gasteiger partial charge is 0.535 e. The van der Waals surface area contributed by atoms with Gasteiger partial charge in [-0.05, 0) is 80.1 Å². The summed E-state index contributed by atoms with van der Waals surface area (Å²) in [5.41, 5.74) is 2.19. The average molecular weight is 538 g/mol. The number of benzene rings is 1. The lowest BCUT2D eigenvalue weighted by Gasteiger charge is -2.57. The lowest BCUT2D eigenvalue weighted by Crippen LogP contribution is -2.60. The predicted octanol–water partition coefficient (Wildman–Crippen LogP) is 5.34. The van der Waals surface area contributed by atoms with Gasteiger partial charge < -0.3 is 18.9 Å². The van der Waals surface area contributed by atoms with Crippen molar-refractivity contribution >= 4 is 18.2 Å². The van der Waals surface area contributed by atoms with Crippen LogP contribution in [0.1, 0.15) is 75.8 Å². The summed E-state index contributed by atoms with van der Waals surface area (Å²) >= 11 is 0. The molecule has 0 radical (unpaired) electrons. The third kappa shape index (κ3) is 3.71. The molecule has 7 atom stereocenters. The lowest BCUT2D eigenvalue weighted by atomic mass is 9.46. The zero-order valence-corrected chi connectivity index (χ0v) is 23.4. The number of hydrogen-bond donors (Lipinski definition) is 0. The summed E-state index contributed by atoms with van der Waals surface area (Å²) in [6.45, 7) is 4.93. The van der Waals surface area contributed by atoms with Crippen molar-refractivity contribution in [2.24, 2.45) is 22.4 Å². The fourth-order valence-electron chi connectivity index (χ4n) is 9.16. The molecule has 3 saturated carbocycles.